The molecule has 0 aliphatic carbocycles. The van der Waals surface area contributed by atoms with Gasteiger partial charge >= 0.3 is 6.18 Å². The first-order valence-electron chi connectivity index (χ1n) is 5.80. The highest BCUT2D eigenvalue weighted by Gasteiger charge is 2.30. The van der Waals surface area contributed by atoms with Gasteiger partial charge in [0.1, 0.15) is 0 Å². The quantitative estimate of drug-likeness (QED) is 0.869. The largest absolute Gasteiger partial charge is 0.416 e. The molecule has 0 amide bonds. The van der Waals surface area contributed by atoms with Gasteiger partial charge in [0.25, 0.3) is 0 Å². The Balaban J connectivity index is 2.86. The third-order valence-electron chi connectivity index (χ3n) is 2.56. The van der Waals surface area contributed by atoms with Crippen LogP contribution in [0.1, 0.15) is 31.0 Å². The van der Waals surface area contributed by atoms with Crippen molar-refractivity contribution in [2.24, 2.45) is 0 Å². The van der Waals surface area contributed by atoms with Crippen LogP contribution in [0.5, 0.6) is 0 Å². The van der Waals surface area contributed by atoms with Crippen LogP contribution in [-0.4, -0.2) is 18.1 Å². The minimum Gasteiger partial charge on any atom is -0.312 e. The summed E-state index contributed by atoms with van der Waals surface area (Å²) in [6, 6.07) is 5.47. The summed E-state index contributed by atoms with van der Waals surface area (Å²) in [5.74, 6) is 0.759. The highest BCUT2D eigenvalue weighted by atomic mass is 32.2. The monoisotopic (exact) mass is 277 g/mol. The summed E-state index contributed by atoms with van der Waals surface area (Å²) in [4.78, 5) is 0. The van der Waals surface area contributed by atoms with Crippen LogP contribution in [0, 0.1) is 0 Å². The molecule has 1 aromatic rings. The topological polar surface area (TPSA) is 12.0 Å². The summed E-state index contributed by atoms with van der Waals surface area (Å²) in [6.07, 6.45) is -4.28. The number of thioether (sulfide) groups is 1. The maximum atomic E-state index is 12.6. The van der Waals surface area contributed by atoms with Gasteiger partial charge in [-0.15, -0.1) is 0 Å². The molecule has 0 bridgehead atoms. The number of hydrogen-bond donors (Lipinski definition) is 1. The van der Waals surface area contributed by atoms with Gasteiger partial charge in [0.15, 0.2) is 0 Å². The standard InChI is InChI=1S/C13H18F3NS/c1-9(2)18-8-12(17-3)10-5-4-6-11(7-10)13(14,15)16/h4-7,9,12,17H,8H2,1-3H3. The molecule has 1 N–H and O–H groups in total. The van der Waals surface area contributed by atoms with Crippen molar-refractivity contribution in [3.05, 3.63) is 35.4 Å². The second kappa shape index (κ2) is 6.48. The molecule has 0 spiro atoms. The Morgan fingerprint density at radius 1 is 1.28 bits per heavy atom. The molecule has 0 saturated carbocycles. The molecule has 1 nitrogen and oxygen atoms in total. The molecule has 18 heavy (non-hydrogen) atoms. The van der Waals surface area contributed by atoms with E-state index >= 15 is 0 Å². The van der Waals surface area contributed by atoms with Crippen LogP contribution in [0.4, 0.5) is 13.2 Å². The van der Waals surface area contributed by atoms with Gasteiger partial charge in [-0.1, -0.05) is 26.0 Å². The van der Waals surface area contributed by atoms with Gasteiger partial charge in [-0.3, -0.25) is 0 Å². The second-order valence-electron chi connectivity index (χ2n) is 4.35. The number of benzene rings is 1. The summed E-state index contributed by atoms with van der Waals surface area (Å²) in [5.41, 5.74) is 0.0928. The summed E-state index contributed by atoms with van der Waals surface area (Å²) in [7, 11) is 1.77. The van der Waals surface area contributed by atoms with E-state index in [9.17, 15) is 13.2 Å². The zero-order valence-electron chi connectivity index (χ0n) is 10.7. The van der Waals surface area contributed by atoms with Crippen molar-refractivity contribution in [1.82, 2.24) is 5.32 Å². The molecule has 1 atom stereocenters. The molecule has 0 fully saturated rings. The Bertz CT molecular complexity index is 377. The van der Waals surface area contributed by atoms with E-state index in [2.05, 4.69) is 19.2 Å². The van der Waals surface area contributed by atoms with Gasteiger partial charge in [0, 0.05) is 11.8 Å². The Labute approximate surface area is 110 Å². The Kier molecular flexibility index (Phi) is 5.53. The van der Waals surface area contributed by atoms with Crippen LogP contribution in [0.25, 0.3) is 0 Å². The van der Waals surface area contributed by atoms with Gasteiger partial charge in [-0.05, 0) is 30.0 Å². The smallest absolute Gasteiger partial charge is 0.312 e. The molecular formula is C13H18F3NS. The zero-order valence-corrected chi connectivity index (χ0v) is 11.5. The molecule has 5 heteroatoms. The van der Waals surface area contributed by atoms with Gasteiger partial charge < -0.3 is 5.32 Å². The molecule has 0 radical (unpaired) electrons. The minimum atomic E-state index is -4.28. The maximum Gasteiger partial charge on any atom is 0.416 e. The number of hydrogen-bond acceptors (Lipinski definition) is 2. The van der Waals surface area contributed by atoms with E-state index in [1.54, 1.807) is 24.9 Å². The van der Waals surface area contributed by atoms with Crippen LogP contribution >= 0.6 is 11.8 Å². The summed E-state index contributed by atoms with van der Waals surface area (Å²) in [6.45, 7) is 4.15. The fraction of sp³-hybridized carbons (Fsp3) is 0.538. The second-order valence-corrected chi connectivity index (χ2v) is 5.96. The SMILES string of the molecule is CNC(CSC(C)C)c1cccc(C(F)(F)F)c1. The molecule has 0 aliphatic heterocycles. The van der Waals surface area contributed by atoms with Gasteiger partial charge in [-0.2, -0.15) is 24.9 Å². The Hall–Kier alpha value is -0.680. The summed E-state index contributed by atoms with van der Waals surface area (Å²) >= 11 is 1.73. The van der Waals surface area contributed by atoms with E-state index in [4.69, 9.17) is 0 Å². The predicted octanol–water partition coefficient (Wildman–Crippen LogP) is 4.11. The normalized spacial score (nSPS) is 13.9. The maximum absolute atomic E-state index is 12.6. The van der Waals surface area contributed by atoms with E-state index in [0.29, 0.717) is 10.8 Å². The molecule has 1 aromatic carbocycles. The van der Waals surface area contributed by atoms with Crippen molar-refractivity contribution in [3.63, 3.8) is 0 Å². The lowest BCUT2D eigenvalue weighted by atomic mass is 10.1. The molecule has 1 rings (SSSR count). The van der Waals surface area contributed by atoms with Gasteiger partial charge in [-0.25, -0.2) is 0 Å². The third kappa shape index (κ3) is 4.53. The van der Waals surface area contributed by atoms with Crippen molar-refractivity contribution < 1.29 is 13.2 Å². The number of halogens is 3. The van der Waals surface area contributed by atoms with E-state index < -0.39 is 11.7 Å². The van der Waals surface area contributed by atoms with E-state index in [0.717, 1.165) is 11.8 Å². The number of alkyl halides is 3. The summed E-state index contributed by atoms with van der Waals surface area (Å²) in [5, 5.41) is 3.53. The fourth-order valence-electron chi connectivity index (χ4n) is 1.57. The highest BCUT2D eigenvalue weighted by molar-refractivity contribution is 7.99. The Morgan fingerprint density at radius 2 is 1.94 bits per heavy atom. The van der Waals surface area contributed by atoms with Crippen molar-refractivity contribution in [3.8, 4) is 0 Å². The van der Waals surface area contributed by atoms with Crippen molar-refractivity contribution >= 4 is 11.8 Å². The third-order valence-corrected chi connectivity index (χ3v) is 3.75. The number of rotatable bonds is 5. The molecular weight excluding hydrogens is 259 g/mol. The van der Waals surface area contributed by atoms with Crippen LogP contribution in [0.15, 0.2) is 24.3 Å². The van der Waals surface area contributed by atoms with Crippen molar-refractivity contribution in [2.75, 3.05) is 12.8 Å². The lowest BCUT2D eigenvalue weighted by Crippen LogP contribution is -2.20. The molecule has 0 aliphatic rings. The summed E-state index contributed by atoms with van der Waals surface area (Å²) < 4.78 is 37.9. The van der Waals surface area contributed by atoms with E-state index in [-0.39, 0.29) is 6.04 Å². The molecule has 0 aromatic heterocycles. The van der Waals surface area contributed by atoms with Crippen LogP contribution < -0.4 is 5.32 Å². The van der Waals surface area contributed by atoms with Crippen LogP contribution in [0.3, 0.4) is 0 Å². The molecule has 102 valence electrons. The fourth-order valence-corrected chi connectivity index (χ4v) is 2.50. The Morgan fingerprint density at radius 3 is 2.44 bits per heavy atom. The first-order chi connectivity index (χ1) is 8.34. The number of nitrogens with one attached hydrogen (secondary N) is 1. The first kappa shape index (κ1) is 15.4. The predicted molar refractivity (Wildman–Crippen MR) is 70.8 cm³/mol. The average molecular weight is 277 g/mol. The van der Waals surface area contributed by atoms with Gasteiger partial charge in [0.2, 0.25) is 0 Å². The first-order valence-corrected chi connectivity index (χ1v) is 6.85. The lowest BCUT2D eigenvalue weighted by molar-refractivity contribution is -0.137. The highest BCUT2D eigenvalue weighted by Crippen LogP contribution is 2.31. The van der Waals surface area contributed by atoms with Crippen LogP contribution in [-0.2, 0) is 6.18 Å². The zero-order chi connectivity index (χ0) is 13.8. The average Bonchev–Trinajstić information content (AvgIpc) is 2.29. The van der Waals surface area contributed by atoms with Crippen LogP contribution in [0.2, 0.25) is 0 Å². The molecule has 1 unspecified atom stereocenters. The molecule has 0 heterocycles. The molecule has 0 saturated heterocycles. The van der Waals surface area contributed by atoms with Crippen molar-refractivity contribution in [1.29, 1.82) is 0 Å². The van der Waals surface area contributed by atoms with E-state index in [1.165, 1.54) is 12.1 Å². The minimum absolute atomic E-state index is 0.0558. The van der Waals surface area contributed by atoms with Gasteiger partial charge in [0.05, 0.1) is 5.56 Å². The lowest BCUT2D eigenvalue weighted by Gasteiger charge is -2.19. The van der Waals surface area contributed by atoms with Crippen molar-refractivity contribution in [2.45, 2.75) is 31.3 Å². The van der Waals surface area contributed by atoms with E-state index in [1.807, 2.05) is 0 Å².